The van der Waals surface area contributed by atoms with Crippen LogP contribution in [0.15, 0.2) is 12.1 Å². The average Bonchev–Trinajstić information content (AvgIpc) is 3.28. The van der Waals surface area contributed by atoms with Gasteiger partial charge in [-0.1, -0.05) is 12.1 Å². The van der Waals surface area contributed by atoms with Gasteiger partial charge in [-0.25, -0.2) is 4.79 Å². The normalized spacial score (nSPS) is 14.2. The van der Waals surface area contributed by atoms with E-state index in [0.29, 0.717) is 17.7 Å². The van der Waals surface area contributed by atoms with Crippen LogP contribution in [0, 0.1) is 13.8 Å². The van der Waals surface area contributed by atoms with Crippen molar-refractivity contribution in [2.45, 2.75) is 45.5 Å². The van der Waals surface area contributed by atoms with Crippen LogP contribution in [-0.4, -0.2) is 49.3 Å². The van der Waals surface area contributed by atoms with Crippen LogP contribution >= 0.6 is 0 Å². The summed E-state index contributed by atoms with van der Waals surface area (Å²) < 4.78 is 41.9. The number of urea groups is 1. The number of hydrogen-bond donors (Lipinski definition) is 2. The summed E-state index contributed by atoms with van der Waals surface area (Å²) in [5, 5.41) is 4.94. The summed E-state index contributed by atoms with van der Waals surface area (Å²) in [4.78, 5) is 25.1. The molecule has 1 aliphatic rings. The number of alkyl halides is 3. The third kappa shape index (κ3) is 7.46. The fourth-order valence-corrected chi connectivity index (χ4v) is 2.74. The van der Waals surface area contributed by atoms with Gasteiger partial charge in [0.1, 0.15) is 5.75 Å². The summed E-state index contributed by atoms with van der Waals surface area (Å²) >= 11 is 0. The van der Waals surface area contributed by atoms with E-state index in [9.17, 15) is 22.8 Å². The van der Waals surface area contributed by atoms with Crippen LogP contribution in [0.25, 0.3) is 0 Å². The van der Waals surface area contributed by atoms with E-state index >= 15 is 0 Å². The van der Waals surface area contributed by atoms with Crippen molar-refractivity contribution < 1.29 is 27.5 Å². The van der Waals surface area contributed by atoms with Crippen molar-refractivity contribution in [1.29, 1.82) is 0 Å². The topological polar surface area (TPSA) is 70.7 Å². The van der Waals surface area contributed by atoms with Crippen molar-refractivity contribution in [3.63, 3.8) is 0 Å². The van der Waals surface area contributed by atoms with Gasteiger partial charge in [0, 0.05) is 12.6 Å². The summed E-state index contributed by atoms with van der Waals surface area (Å²) in [6.45, 7) is 2.44. The zero-order valence-electron chi connectivity index (χ0n) is 15.6. The van der Waals surface area contributed by atoms with Crippen LogP contribution in [-0.2, 0) is 11.3 Å². The summed E-state index contributed by atoms with van der Waals surface area (Å²) in [7, 11) is 1.72. The number of imide groups is 1. The third-order valence-electron chi connectivity index (χ3n) is 3.93. The second kappa shape index (κ2) is 8.60. The van der Waals surface area contributed by atoms with Gasteiger partial charge in [0.15, 0.2) is 6.61 Å². The highest BCUT2D eigenvalue weighted by Crippen LogP contribution is 2.27. The highest BCUT2D eigenvalue weighted by atomic mass is 19.4. The lowest BCUT2D eigenvalue weighted by Crippen LogP contribution is -2.44. The highest BCUT2D eigenvalue weighted by Gasteiger charge is 2.29. The Morgan fingerprint density at radius 1 is 1.22 bits per heavy atom. The van der Waals surface area contributed by atoms with Gasteiger partial charge >= 0.3 is 12.2 Å². The summed E-state index contributed by atoms with van der Waals surface area (Å²) in [6.07, 6.45) is -2.53. The van der Waals surface area contributed by atoms with Gasteiger partial charge in [-0.15, -0.1) is 0 Å². The fraction of sp³-hybridized carbons (Fsp3) is 0.556. The summed E-state index contributed by atoms with van der Waals surface area (Å²) in [5.41, 5.74) is 2.02. The molecule has 1 fully saturated rings. The number of amides is 3. The van der Waals surface area contributed by atoms with Crippen molar-refractivity contribution >= 4 is 11.9 Å². The number of hydrogen-bond acceptors (Lipinski definition) is 4. The molecule has 2 rings (SSSR count). The Labute approximate surface area is 156 Å². The molecular formula is C18H24F3N3O3. The number of rotatable bonds is 7. The van der Waals surface area contributed by atoms with Crippen LogP contribution < -0.4 is 15.4 Å². The lowest BCUT2D eigenvalue weighted by molar-refractivity contribution is -0.153. The van der Waals surface area contributed by atoms with Crippen molar-refractivity contribution in [1.82, 2.24) is 15.5 Å². The zero-order chi connectivity index (χ0) is 20.2. The molecule has 9 heteroatoms. The SMILES string of the molecule is Cc1cc(CN(C)CC(=O)NC(=O)NC2CC2)cc(C)c1OCC(F)(F)F. The van der Waals surface area contributed by atoms with Gasteiger partial charge < -0.3 is 10.1 Å². The molecule has 0 bridgehead atoms. The van der Waals surface area contributed by atoms with Gasteiger partial charge in [0.2, 0.25) is 5.91 Å². The first-order chi connectivity index (χ1) is 12.5. The molecule has 1 saturated carbocycles. The van der Waals surface area contributed by atoms with E-state index in [-0.39, 0.29) is 18.3 Å². The molecule has 0 aromatic heterocycles. The molecule has 2 N–H and O–H groups in total. The molecule has 1 aliphatic carbocycles. The highest BCUT2D eigenvalue weighted by molar-refractivity contribution is 5.95. The van der Waals surface area contributed by atoms with E-state index in [4.69, 9.17) is 4.74 Å². The van der Waals surface area contributed by atoms with E-state index in [0.717, 1.165) is 18.4 Å². The number of benzene rings is 1. The first kappa shape index (κ1) is 21.0. The molecule has 3 amide bonds. The number of carbonyl (C=O) groups is 2. The summed E-state index contributed by atoms with van der Waals surface area (Å²) in [5.74, 6) is -0.206. The zero-order valence-corrected chi connectivity index (χ0v) is 15.6. The Morgan fingerprint density at radius 2 is 1.81 bits per heavy atom. The van der Waals surface area contributed by atoms with Gasteiger partial charge in [-0.05, 0) is 50.4 Å². The number of nitrogens with zero attached hydrogens (tertiary/aromatic N) is 1. The standard InChI is InChI=1S/C18H24F3N3O3/c1-11-6-13(7-12(2)16(11)27-10-18(19,20)21)8-24(3)9-15(25)23-17(26)22-14-4-5-14/h6-7,14H,4-5,8-10H2,1-3H3,(H2,22,23,25,26). The van der Waals surface area contributed by atoms with Crippen molar-refractivity contribution in [2.75, 3.05) is 20.2 Å². The van der Waals surface area contributed by atoms with E-state index in [2.05, 4.69) is 10.6 Å². The Morgan fingerprint density at radius 3 is 2.33 bits per heavy atom. The van der Waals surface area contributed by atoms with Crippen molar-refractivity contribution in [3.8, 4) is 5.75 Å². The van der Waals surface area contributed by atoms with Gasteiger partial charge in [-0.3, -0.25) is 15.0 Å². The van der Waals surface area contributed by atoms with Crippen LogP contribution in [0.1, 0.15) is 29.5 Å². The first-order valence-corrected chi connectivity index (χ1v) is 8.62. The molecule has 0 radical (unpaired) electrons. The van der Waals surface area contributed by atoms with E-state index in [1.165, 1.54) is 0 Å². The number of ether oxygens (including phenoxy) is 1. The second-order valence-corrected chi connectivity index (χ2v) is 6.93. The van der Waals surface area contributed by atoms with Crippen molar-refractivity contribution in [2.24, 2.45) is 0 Å². The van der Waals surface area contributed by atoms with Gasteiger partial charge in [-0.2, -0.15) is 13.2 Å². The molecule has 0 unspecified atom stereocenters. The maximum absolute atomic E-state index is 12.3. The van der Waals surface area contributed by atoms with E-state index in [1.807, 2.05) is 0 Å². The minimum Gasteiger partial charge on any atom is -0.484 e. The third-order valence-corrected chi connectivity index (χ3v) is 3.93. The number of likely N-dealkylation sites (N-methyl/N-ethyl adjacent to an activating group) is 1. The minimum absolute atomic E-state index is 0.0164. The van der Waals surface area contributed by atoms with Crippen molar-refractivity contribution in [3.05, 3.63) is 28.8 Å². The lowest BCUT2D eigenvalue weighted by Gasteiger charge is -2.19. The van der Waals surface area contributed by atoms with Crippen LogP contribution in [0.3, 0.4) is 0 Å². The Kier molecular flexibility index (Phi) is 6.69. The Bertz CT molecular complexity index is 680. The smallest absolute Gasteiger partial charge is 0.422 e. The Balaban J connectivity index is 1.88. The van der Waals surface area contributed by atoms with Crippen LogP contribution in [0.5, 0.6) is 5.75 Å². The second-order valence-electron chi connectivity index (χ2n) is 6.93. The van der Waals surface area contributed by atoms with E-state index in [1.54, 1.807) is 37.9 Å². The molecule has 1 aromatic carbocycles. The molecule has 1 aromatic rings. The monoisotopic (exact) mass is 387 g/mol. The predicted molar refractivity (Wildman–Crippen MR) is 93.5 cm³/mol. The predicted octanol–water partition coefficient (Wildman–Crippen LogP) is 2.66. The number of halogens is 3. The fourth-order valence-electron chi connectivity index (χ4n) is 2.74. The molecule has 0 spiro atoms. The molecule has 0 aliphatic heterocycles. The molecule has 0 saturated heterocycles. The van der Waals surface area contributed by atoms with Crippen LogP contribution in [0.2, 0.25) is 0 Å². The number of carbonyl (C=O) groups excluding carboxylic acids is 2. The van der Waals surface area contributed by atoms with Gasteiger partial charge in [0.05, 0.1) is 6.54 Å². The molecule has 27 heavy (non-hydrogen) atoms. The molecular weight excluding hydrogens is 363 g/mol. The first-order valence-electron chi connectivity index (χ1n) is 8.62. The van der Waals surface area contributed by atoms with Crippen LogP contribution in [0.4, 0.5) is 18.0 Å². The Hall–Kier alpha value is -2.29. The lowest BCUT2D eigenvalue weighted by atomic mass is 10.1. The average molecular weight is 387 g/mol. The largest absolute Gasteiger partial charge is 0.484 e. The molecule has 0 heterocycles. The molecule has 0 atom stereocenters. The maximum atomic E-state index is 12.3. The summed E-state index contributed by atoms with van der Waals surface area (Å²) in [6, 6.07) is 3.13. The number of aryl methyl sites for hydroxylation is 2. The molecule has 6 nitrogen and oxygen atoms in total. The molecule has 150 valence electrons. The number of nitrogens with one attached hydrogen (secondary N) is 2. The van der Waals surface area contributed by atoms with E-state index < -0.39 is 24.7 Å². The van der Waals surface area contributed by atoms with Gasteiger partial charge in [0.25, 0.3) is 0 Å². The maximum Gasteiger partial charge on any atom is 0.422 e. The quantitative estimate of drug-likeness (QED) is 0.755. The minimum atomic E-state index is -4.39.